The molecule has 2 aromatic rings. The molecule has 1 aliphatic heterocycles. The monoisotopic (exact) mass is 498 g/mol. The largest absolute Gasteiger partial charge is 0.469 e. The Balaban J connectivity index is 1.10. The van der Waals surface area contributed by atoms with Gasteiger partial charge in [-0.2, -0.15) is 0 Å². The van der Waals surface area contributed by atoms with E-state index in [1.54, 1.807) is 11.3 Å². The normalized spacial score (nSPS) is 24.4. The molecule has 0 spiro atoms. The number of carbonyl (C=O) groups is 1. The molecule has 35 heavy (non-hydrogen) atoms. The number of hydrogen-bond donors (Lipinski definition) is 0. The third kappa shape index (κ3) is 6.20. The van der Waals surface area contributed by atoms with Gasteiger partial charge in [0, 0.05) is 37.4 Å². The number of hydrogen-bond acceptors (Lipinski definition) is 8. The lowest BCUT2D eigenvalue weighted by Crippen LogP contribution is -2.38. The predicted molar refractivity (Wildman–Crippen MR) is 138 cm³/mol. The van der Waals surface area contributed by atoms with Gasteiger partial charge in [-0.1, -0.05) is 30.6 Å². The Kier molecular flexibility index (Phi) is 8.29. The minimum atomic E-state index is -0.0798. The molecule has 0 N–H and O–H groups in total. The molecule has 2 aromatic heterocycles. The van der Waals surface area contributed by atoms with E-state index in [9.17, 15) is 4.79 Å². The standard InChI is InChI=1S/C27H38N4O3S/c1-33-27(32)21-9-7-20(8-10-21)25-29-30-26(35-25)22-11-12-24(28-17-22)31-15-13-23(14-16-31)34-18-19-5-3-2-4-6-19/h11-12,17,19-21,23H,2-10,13-16,18H2,1H3. The maximum absolute atomic E-state index is 11.8. The van der Waals surface area contributed by atoms with E-state index < -0.39 is 0 Å². The zero-order valence-electron chi connectivity index (χ0n) is 20.9. The van der Waals surface area contributed by atoms with Crippen LogP contribution in [0.1, 0.15) is 81.6 Å². The molecule has 2 aliphatic carbocycles. The lowest BCUT2D eigenvalue weighted by molar-refractivity contribution is -0.146. The van der Waals surface area contributed by atoms with Crippen molar-refractivity contribution in [2.45, 2.75) is 82.7 Å². The van der Waals surface area contributed by atoms with E-state index in [0.29, 0.717) is 12.0 Å². The zero-order valence-corrected chi connectivity index (χ0v) is 21.7. The Morgan fingerprint density at radius 2 is 1.77 bits per heavy atom. The molecule has 0 amide bonds. The van der Waals surface area contributed by atoms with E-state index in [-0.39, 0.29) is 11.9 Å². The maximum atomic E-state index is 11.8. The smallest absolute Gasteiger partial charge is 0.308 e. The minimum Gasteiger partial charge on any atom is -0.469 e. The topological polar surface area (TPSA) is 77.4 Å². The van der Waals surface area contributed by atoms with Crippen LogP contribution in [-0.4, -0.2) is 54.1 Å². The average molecular weight is 499 g/mol. The van der Waals surface area contributed by atoms with Crippen LogP contribution in [-0.2, 0) is 14.3 Å². The molecule has 190 valence electrons. The molecule has 8 heteroatoms. The number of rotatable bonds is 7. The first kappa shape index (κ1) is 24.6. The quantitative estimate of drug-likeness (QED) is 0.459. The van der Waals surface area contributed by atoms with Crippen LogP contribution < -0.4 is 4.90 Å². The summed E-state index contributed by atoms with van der Waals surface area (Å²) in [7, 11) is 1.47. The number of methoxy groups -OCH3 is 1. The van der Waals surface area contributed by atoms with Gasteiger partial charge < -0.3 is 14.4 Å². The molecule has 0 bridgehead atoms. The third-order valence-electron chi connectivity index (χ3n) is 8.10. The Labute approximate surface area is 212 Å². The van der Waals surface area contributed by atoms with Crippen molar-refractivity contribution in [2.75, 3.05) is 31.7 Å². The van der Waals surface area contributed by atoms with Gasteiger partial charge in [-0.15, -0.1) is 10.2 Å². The number of esters is 1. The molecule has 0 unspecified atom stereocenters. The molecule has 2 saturated carbocycles. The zero-order chi connectivity index (χ0) is 24.0. The second-order valence-electron chi connectivity index (χ2n) is 10.4. The summed E-state index contributed by atoms with van der Waals surface area (Å²) >= 11 is 1.66. The summed E-state index contributed by atoms with van der Waals surface area (Å²) < 4.78 is 11.2. The Morgan fingerprint density at radius 3 is 2.46 bits per heavy atom. The van der Waals surface area contributed by atoms with Crippen LogP contribution in [0.5, 0.6) is 0 Å². The van der Waals surface area contributed by atoms with Crippen molar-refractivity contribution in [3.8, 4) is 10.6 Å². The number of ether oxygens (including phenoxy) is 2. The van der Waals surface area contributed by atoms with Crippen LogP contribution in [0.2, 0.25) is 0 Å². The summed E-state index contributed by atoms with van der Waals surface area (Å²) in [6.07, 6.45) is 15.0. The Hall–Kier alpha value is -2.06. The molecular formula is C27H38N4O3S. The summed E-state index contributed by atoms with van der Waals surface area (Å²) in [6, 6.07) is 4.23. The molecule has 3 aliphatic rings. The molecule has 3 heterocycles. The molecule has 5 rings (SSSR count). The van der Waals surface area contributed by atoms with Crippen molar-refractivity contribution in [1.29, 1.82) is 0 Å². The molecule has 0 atom stereocenters. The van der Waals surface area contributed by atoms with Gasteiger partial charge in [0.2, 0.25) is 0 Å². The minimum absolute atomic E-state index is 0.0360. The van der Waals surface area contributed by atoms with Crippen molar-refractivity contribution in [2.24, 2.45) is 11.8 Å². The second kappa shape index (κ2) is 11.8. The van der Waals surface area contributed by atoms with Crippen LogP contribution in [0, 0.1) is 11.8 Å². The predicted octanol–water partition coefficient (Wildman–Crippen LogP) is 5.61. The van der Waals surface area contributed by atoms with E-state index in [1.807, 2.05) is 6.20 Å². The highest BCUT2D eigenvalue weighted by Gasteiger charge is 2.29. The fraction of sp³-hybridized carbons (Fsp3) is 0.704. The first-order valence-electron chi connectivity index (χ1n) is 13.4. The van der Waals surface area contributed by atoms with Gasteiger partial charge in [0.05, 0.1) is 19.1 Å². The molecule has 1 saturated heterocycles. The first-order chi connectivity index (χ1) is 17.2. The van der Waals surface area contributed by atoms with E-state index in [0.717, 1.165) is 85.5 Å². The maximum Gasteiger partial charge on any atom is 0.308 e. The number of anilines is 1. The van der Waals surface area contributed by atoms with E-state index in [4.69, 9.17) is 14.5 Å². The van der Waals surface area contributed by atoms with Crippen molar-refractivity contribution in [3.05, 3.63) is 23.3 Å². The summed E-state index contributed by atoms with van der Waals surface area (Å²) in [5, 5.41) is 10.9. The van der Waals surface area contributed by atoms with Crippen LogP contribution >= 0.6 is 11.3 Å². The van der Waals surface area contributed by atoms with Crippen molar-refractivity contribution < 1.29 is 14.3 Å². The number of nitrogens with zero attached hydrogens (tertiary/aromatic N) is 4. The summed E-state index contributed by atoms with van der Waals surface area (Å²) in [5.74, 6) is 2.16. The van der Waals surface area contributed by atoms with E-state index in [1.165, 1.54) is 39.2 Å². The van der Waals surface area contributed by atoms with Crippen LogP contribution in [0.3, 0.4) is 0 Å². The van der Waals surface area contributed by atoms with Gasteiger partial charge in [0.25, 0.3) is 0 Å². The van der Waals surface area contributed by atoms with Gasteiger partial charge >= 0.3 is 5.97 Å². The van der Waals surface area contributed by atoms with Gasteiger partial charge in [-0.3, -0.25) is 4.79 Å². The van der Waals surface area contributed by atoms with Crippen LogP contribution in [0.4, 0.5) is 5.82 Å². The summed E-state index contributed by atoms with van der Waals surface area (Å²) in [4.78, 5) is 18.9. The highest BCUT2D eigenvalue weighted by molar-refractivity contribution is 7.14. The number of piperidine rings is 1. The first-order valence-corrected chi connectivity index (χ1v) is 14.3. The van der Waals surface area contributed by atoms with Crippen molar-refractivity contribution in [3.63, 3.8) is 0 Å². The van der Waals surface area contributed by atoms with Crippen molar-refractivity contribution in [1.82, 2.24) is 15.2 Å². The highest BCUT2D eigenvalue weighted by Crippen LogP contribution is 2.39. The van der Waals surface area contributed by atoms with E-state index in [2.05, 4.69) is 27.2 Å². The Bertz CT molecular complexity index is 944. The van der Waals surface area contributed by atoms with Crippen molar-refractivity contribution >= 4 is 23.1 Å². The fourth-order valence-electron chi connectivity index (χ4n) is 5.84. The van der Waals surface area contributed by atoms with Crippen LogP contribution in [0.15, 0.2) is 18.3 Å². The Morgan fingerprint density at radius 1 is 1.00 bits per heavy atom. The van der Waals surface area contributed by atoms with Gasteiger partial charge in [-0.25, -0.2) is 4.98 Å². The molecule has 3 fully saturated rings. The molecule has 0 radical (unpaired) electrons. The van der Waals surface area contributed by atoms with Gasteiger partial charge in [-0.05, 0) is 69.4 Å². The lowest BCUT2D eigenvalue weighted by atomic mass is 9.82. The lowest BCUT2D eigenvalue weighted by Gasteiger charge is -2.33. The SMILES string of the molecule is COC(=O)C1CCC(c2nnc(-c3ccc(N4CCC(OCC5CCCCC5)CC4)nc3)s2)CC1. The summed E-state index contributed by atoms with van der Waals surface area (Å²) in [5.41, 5.74) is 1.02. The fourth-order valence-corrected chi connectivity index (χ4v) is 6.84. The number of carbonyl (C=O) groups excluding carboxylic acids is 1. The molecule has 7 nitrogen and oxygen atoms in total. The molecular weight excluding hydrogens is 460 g/mol. The number of pyridine rings is 1. The molecule has 0 aromatic carbocycles. The summed E-state index contributed by atoms with van der Waals surface area (Å²) in [6.45, 7) is 2.95. The average Bonchev–Trinajstić information content (AvgIpc) is 3.43. The third-order valence-corrected chi connectivity index (χ3v) is 9.24. The van der Waals surface area contributed by atoms with Gasteiger partial charge in [0.1, 0.15) is 15.8 Å². The highest BCUT2D eigenvalue weighted by atomic mass is 32.1. The van der Waals surface area contributed by atoms with E-state index >= 15 is 0 Å². The second-order valence-corrected chi connectivity index (χ2v) is 11.5. The number of aromatic nitrogens is 3. The van der Waals surface area contributed by atoms with Crippen LogP contribution in [0.25, 0.3) is 10.6 Å². The van der Waals surface area contributed by atoms with Gasteiger partial charge in [0.15, 0.2) is 0 Å².